The summed E-state index contributed by atoms with van der Waals surface area (Å²) < 4.78 is 0. The lowest BCUT2D eigenvalue weighted by Gasteiger charge is -2.16. The van der Waals surface area contributed by atoms with Gasteiger partial charge in [0.15, 0.2) is 0 Å². The van der Waals surface area contributed by atoms with Gasteiger partial charge in [-0.2, -0.15) is 11.8 Å². The molecule has 82 valence electrons. The molecule has 1 fully saturated rings. The lowest BCUT2D eigenvalue weighted by Crippen LogP contribution is -2.32. The van der Waals surface area contributed by atoms with Gasteiger partial charge in [0.05, 0.1) is 0 Å². The molecule has 0 bridgehead atoms. The Bertz CT molecular complexity index is 324. The van der Waals surface area contributed by atoms with E-state index in [0.717, 1.165) is 11.8 Å². The lowest BCUT2D eigenvalue weighted by molar-refractivity contribution is 0.513. The van der Waals surface area contributed by atoms with Gasteiger partial charge in [-0.15, -0.1) is 0 Å². The molecule has 1 aromatic carbocycles. The molecule has 0 radical (unpaired) electrons. The Labute approximate surface area is 96.7 Å². The normalized spacial score (nSPS) is 25.7. The van der Waals surface area contributed by atoms with Gasteiger partial charge < -0.3 is 5.32 Å². The van der Waals surface area contributed by atoms with Crippen LogP contribution in [0.3, 0.4) is 0 Å². The Balaban J connectivity index is 1.87. The van der Waals surface area contributed by atoms with E-state index in [1.54, 1.807) is 0 Å². The Morgan fingerprint density at radius 3 is 3.00 bits per heavy atom. The van der Waals surface area contributed by atoms with Gasteiger partial charge in [0.25, 0.3) is 0 Å². The Morgan fingerprint density at radius 1 is 1.47 bits per heavy atom. The molecule has 0 spiro atoms. The SMILES string of the molecule is Cc1cccc(CNC2CCSC2C)c1. The molecule has 15 heavy (non-hydrogen) atoms. The van der Waals surface area contributed by atoms with Crippen LogP contribution in [0.15, 0.2) is 24.3 Å². The number of hydrogen-bond donors (Lipinski definition) is 1. The van der Waals surface area contributed by atoms with Crippen molar-refractivity contribution in [2.75, 3.05) is 5.75 Å². The third kappa shape index (κ3) is 2.99. The second-order valence-electron chi connectivity index (χ2n) is 4.34. The van der Waals surface area contributed by atoms with E-state index in [4.69, 9.17) is 0 Å². The summed E-state index contributed by atoms with van der Waals surface area (Å²) in [5, 5.41) is 4.43. The summed E-state index contributed by atoms with van der Waals surface area (Å²) in [5.41, 5.74) is 2.75. The van der Waals surface area contributed by atoms with Crippen LogP contribution in [0.1, 0.15) is 24.5 Å². The third-order valence-electron chi connectivity index (χ3n) is 3.03. The molecule has 1 N–H and O–H groups in total. The second kappa shape index (κ2) is 5.04. The summed E-state index contributed by atoms with van der Waals surface area (Å²) >= 11 is 2.08. The van der Waals surface area contributed by atoms with Gasteiger partial charge in [-0.3, -0.25) is 0 Å². The number of nitrogens with one attached hydrogen (secondary N) is 1. The van der Waals surface area contributed by atoms with Gasteiger partial charge in [0.1, 0.15) is 0 Å². The van der Waals surface area contributed by atoms with E-state index in [1.165, 1.54) is 23.3 Å². The highest BCUT2D eigenvalue weighted by Gasteiger charge is 2.22. The highest BCUT2D eigenvalue weighted by Crippen LogP contribution is 2.26. The summed E-state index contributed by atoms with van der Waals surface area (Å²) in [4.78, 5) is 0. The summed E-state index contributed by atoms with van der Waals surface area (Å²) in [6, 6.07) is 9.46. The van der Waals surface area contributed by atoms with Crippen molar-refractivity contribution in [1.29, 1.82) is 0 Å². The molecule has 0 aliphatic carbocycles. The van der Waals surface area contributed by atoms with Crippen molar-refractivity contribution in [2.45, 2.75) is 38.1 Å². The van der Waals surface area contributed by atoms with Crippen molar-refractivity contribution < 1.29 is 0 Å². The smallest absolute Gasteiger partial charge is 0.0208 e. The fourth-order valence-corrected chi connectivity index (χ4v) is 3.30. The van der Waals surface area contributed by atoms with Crippen LogP contribution < -0.4 is 5.32 Å². The zero-order chi connectivity index (χ0) is 10.7. The fraction of sp³-hybridized carbons (Fsp3) is 0.538. The minimum atomic E-state index is 0.704. The van der Waals surface area contributed by atoms with Crippen molar-refractivity contribution in [3.05, 3.63) is 35.4 Å². The lowest BCUT2D eigenvalue weighted by atomic mass is 10.1. The summed E-state index contributed by atoms with van der Waals surface area (Å²) in [7, 11) is 0. The highest BCUT2D eigenvalue weighted by molar-refractivity contribution is 8.00. The number of hydrogen-bond acceptors (Lipinski definition) is 2. The molecule has 1 saturated heterocycles. The van der Waals surface area contributed by atoms with Crippen LogP contribution in [0.5, 0.6) is 0 Å². The fourth-order valence-electron chi connectivity index (χ4n) is 2.07. The minimum absolute atomic E-state index is 0.704. The maximum atomic E-state index is 3.65. The van der Waals surface area contributed by atoms with Crippen molar-refractivity contribution >= 4 is 11.8 Å². The molecular weight excluding hydrogens is 202 g/mol. The summed E-state index contributed by atoms with van der Waals surface area (Å²) in [5.74, 6) is 1.31. The van der Waals surface area contributed by atoms with Gasteiger partial charge >= 0.3 is 0 Å². The molecular formula is C13H19NS. The predicted octanol–water partition coefficient (Wildman–Crippen LogP) is 2.98. The zero-order valence-corrected chi connectivity index (χ0v) is 10.3. The van der Waals surface area contributed by atoms with Gasteiger partial charge in [0, 0.05) is 17.8 Å². The molecule has 1 nitrogen and oxygen atoms in total. The first-order valence-corrected chi connectivity index (χ1v) is 6.71. The molecule has 1 aliphatic heterocycles. The Hall–Kier alpha value is -0.470. The van der Waals surface area contributed by atoms with E-state index in [1.807, 2.05) is 0 Å². The summed E-state index contributed by atoms with van der Waals surface area (Å²) in [6.07, 6.45) is 1.32. The average Bonchev–Trinajstić information content (AvgIpc) is 2.61. The van der Waals surface area contributed by atoms with Crippen LogP contribution in [-0.4, -0.2) is 17.0 Å². The molecule has 1 aromatic rings. The van der Waals surface area contributed by atoms with Gasteiger partial charge in [-0.05, 0) is 24.7 Å². The van der Waals surface area contributed by atoms with Crippen LogP contribution in [0.4, 0.5) is 0 Å². The number of thioether (sulfide) groups is 1. The van der Waals surface area contributed by atoms with E-state index < -0.39 is 0 Å². The molecule has 0 amide bonds. The molecule has 0 aromatic heterocycles. The van der Waals surface area contributed by atoms with Crippen molar-refractivity contribution in [1.82, 2.24) is 5.32 Å². The predicted molar refractivity (Wildman–Crippen MR) is 68.3 cm³/mol. The maximum absolute atomic E-state index is 3.65. The van der Waals surface area contributed by atoms with Crippen LogP contribution in [0.25, 0.3) is 0 Å². The zero-order valence-electron chi connectivity index (χ0n) is 9.49. The first-order chi connectivity index (χ1) is 7.25. The van der Waals surface area contributed by atoms with Gasteiger partial charge in [-0.1, -0.05) is 36.8 Å². The monoisotopic (exact) mass is 221 g/mol. The molecule has 1 heterocycles. The number of benzene rings is 1. The molecule has 2 heteroatoms. The standard InChI is InChI=1S/C13H19NS/c1-10-4-3-5-12(8-10)9-14-13-6-7-15-11(13)2/h3-5,8,11,13-14H,6-7,9H2,1-2H3. The largest absolute Gasteiger partial charge is 0.309 e. The minimum Gasteiger partial charge on any atom is -0.309 e. The van der Waals surface area contributed by atoms with E-state index in [0.29, 0.717) is 6.04 Å². The molecule has 2 atom stereocenters. The van der Waals surface area contributed by atoms with Crippen LogP contribution in [0.2, 0.25) is 0 Å². The van der Waals surface area contributed by atoms with E-state index in [9.17, 15) is 0 Å². The number of aryl methyl sites for hydroxylation is 1. The van der Waals surface area contributed by atoms with Crippen molar-refractivity contribution in [3.63, 3.8) is 0 Å². The third-order valence-corrected chi connectivity index (χ3v) is 4.35. The molecule has 1 aliphatic rings. The van der Waals surface area contributed by atoms with Gasteiger partial charge in [0.2, 0.25) is 0 Å². The molecule has 2 rings (SSSR count). The highest BCUT2D eigenvalue weighted by atomic mass is 32.2. The van der Waals surface area contributed by atoms with Crippen LogP contribution >= 0.6 is 11.8 Å². The average molecular weight is 221 g/mol. The summed E-state index contributed by atoms with van der Waals surface area (Å²) in [6.45, 7) is 5.49. The van der Waals surface area contributed by atoms with Crippen molar-refractivity contribution in [3.8, 4) is 0 Å². The quantitative estimate of drug-likeness (QED) is 0.842. The molecule has 2 unspecified atom stereocenters. The van der Waals surface area contributed by atoms with E-state index in [-0.39, 0.29) is 0 Å². The topological polar surface area (TPSA) is 12.0 Å². The van der Waals surface area contributed by atoms with Crippen LogP contribution in [0, 0.1) is 6.92 Å². The van der Waals surface area contributed by atoms with Crippen molar-refractivity contribution in [2.24, 2.45) is 0 Å². The second-order valence-corrected chi connectivity index (χ2v) is 5.83. The Morgan fingerprint density at radius 2 is 2.33 bits per heavy atom. The van der Waals surface area contributed by atoms with Gasteiger partial charge in [-0.25, -0.2) is 0 Å². The Kier molecular flexibility index (Phi) is 3.71. The maximum Gasteiger partial charge on any atom is 0.0208 e. The van der Waals surface area contributed by atoms with E-state index in [2.05, 4.69) is 55.2 Å². The first-order valence-electron chi connectivity index (χ1n) is 5.66. The van der Waals surface area contributed by atoms with Crippen LogP contribution in [-0.2, 0) is 6.54 Å². The first kappa shape index (κ1) is 11.0. The molecule has 0 saturated carbocycles. The van der Waals surface area contributed by atoms with E-state index >= 15 is 0 Å². The number of rotatable bonds is 3.